The van der Waals surface area contributed by atoms with Crippen LogP contribution in [0.3, 0.4) is 0 Å². The number of hydrogen-bond donors (Lipinski definition) is 0. The zero-order valence-corrected chi connectivity index (χ0v) is 25.9. The Hall–Kier alpha value is -2.29. The number of quaternary nitrogens is 1. The molecule has 40 heavy (non-hydrogen) atoms. The first-order valence-electron chi connectivity index (χ1n) is 13.9. The highest BCUT2D eigenvalue weighted by Crippen LogP contribution is 2.38. The maximum atomic E-state index is 12.2. The summed E-state index contributed by atoms with van der Waals surface area (Å²) in [5.74, 6) is -1.11. The normalized spacial score (nSPS) is 15.1. The number of carbonyl (C=O) groups excluding carboxylic acids is 2. The maximum absolute atomic E-state index is 12.2. The van der Waals surface area contributed by atoms with E-state index in [-0.39, 0.29) is 19.6 Å². The summed E-state index contributed by atoms with van der Waals surface area (Å²) in [4.78, 5) is 35.4. The van der Waals surface area contributed by atoms with Gasteiger partial charge in [0.2, 0.25) is 0 Å². The largest absolute Gasteiger partial charge is 0.756 e. The van der Waals surface area contributed by atoms with Gasteiger partial charge in [-0.15, -0.1) is 0 Å². The number of likely N-dealkylation sites (N-methyl/N-ethyl adjacent to an activating group) is 1. The zero-order chi connectivity index (χ0) is 30.1. The number of carbonyl (C=O) groups is 2. The molecule has 0 aromatic carbocycles. The fourth-order valence-electron chi connectivity index (χ4n) is 2.94. The van der Waals surface area contributed by atoms with Crippen molar-refractivity contribution in [3.05, 3.63) is 60.8 Å². The molecule has 0 aromatic rings. The summed E-state index contributed by atoms with van der Waals surface area (Å²) in [6, 6.07) is 0. The van der Waals surface area contributed by atoms with Crippen LogP contribution in [0.5, 0.6) is 0 Å². The lowest BCUT2D eigenvalue weighted by Crippen LogP contribution is -2.37. The summed E-state index contributed by atoms with van der Waals surface area (Å²) < 4.78 is 32.4. The molecule has 0 aliphatic rings. The highest BCUT2D eigenvalue weighted by molar-refractivity contribution is 7.45. The first kappa shape index (κ1) is 37.7. The first-order chi connectivity index (χ1) is 18.9. The molecule has 0 spiro atoms. The second kappa shape index (κ2) is 23.4. The predicted octanol–water partition coefficient (Wildman–Crippen LogP) is 5.59. The standard InChI is InChI=1S/C30H50NO8P/c1-6-7-8-9-10-11-12-13-14-15-16-17-18-19-20-21-22-23-30(33)39-29(26-36-28(2)32)27-38-40(34,35)37-25-24-31(3,4)5/h7-8,10-11,13-14,16-17,19-20,29H,6,9,12,15,18,21-27H2,1-5H3/b8-7-,11-10-,14-13-,17-16-,20-19-. The Kier molecular flexibility index (Phi) is 22.1. The van der Waals surface area contributed by atoms with Crippen molar-refractivity contribution >= 4 is 19.8 Å². The van der Waals surface area contributed by atoms with Crippen molar-refractivity contribution < 1.29 is 42.1 Å². The fourth-order valence-corrected chi connectivity index (χ4v) is 3.67. The van der Waals surface area contributed by atoms with E-state index in [1.165, 1.54) is 6.92 Å². The average molecular weight is 584 g/mol. The third-order valence-corrected chi connectivity index (χ3v) is 6.07. The van der Waals surface area contributed by atoms with E-state index < -0.39 is 32.5 Å². The number of nitrogens with zero attached hydrogens (tertiary/aromatic N) is 1. The van der Waals surface area contributed by atoms with Crippen molar-refractivity contribution in [2.24, 2.45) is 0 Å². The Morgan fingerprint density at radius 3 is 1.85 bits per heavy atom. The molecular weight excluding hydrogens is 533 g/mol. The molecule has 0 radical (unpaired) electrons. The zero-order valence-electron chi connectivity index (χ0n) is 25.0. The van der Waals surface area contributed by atoms with E-state index in [1.54, 1.807) is 0 Å². The van der Waals surface area contributed by atoms with Crippen LogP contribution in [0.4, 0.5) is 0 Å². The van der Waals surface area contributed by atoms with Crippen LogP contribution in [0.25, 0.3) is 0 Å². The maximum Gasteiger partial charge on any atom is 0.306 e. The van der Waals surface area contributed by atoms with Crippen LogP contribution in [0.15, 0.2) is 60.8 Å². The van der Waals surface area contributed by atoms with E-state index in [2.05, 4.69) is 55.5 Å². The van der Waals surface area contributed by atoms with Crippen molar-refractivity contribution in [3.63, 3.8) is 0 Å². The van der Waals surface area contributed by atoms with Gasteiger partial charge in [-0.05, 0) is 44.9 Å². The van der Waals surface area contributed by atoms with Crippen molar-refractivity contribution in [1.29, 1.82) is 0 Å². The van der Waals surface area contributed by atoms with Crippen LogP contribution >= 0.6 is 7.82 Å². The minimum Gasteiger partial charge on any atom is -0.756 e. The summed E-state index contributed by atoms with van der Waals surface area (Å²) >= 11 is 0. The number of esters is 2. The van der Waals surface area contributed by atoms with Gasteiger partial charge >= 0.3 is 11.9 Å². The molecule has 2 atom stereocenters. The van der Waals surface area contributed by atoms with Crippen molar-refractivity contribution in [2.75, 3.05) is 47.5 Å². The van der Waals surface area contributed by atoms with Crippen LogP contribution in [0.1, 0.15) is 65.2 Å². The Bertz CT molecular complexity index is 887. The van der Waals surface area contributed by atoms with Gasteiger partial charge in [0.1, 0.15) is 19.8 Å². The number of phosphoric acid groups is 1. The molecule has 9 nitrogen and oxygen atoms in total. The molecule has 0 bridgehead atoms. The Balaban J connectivity index is 4.23. The Morgan fingerprint density at radius 1 is 0.825 bits per heavy atom. The molecule has 0 saturated carbocycles. The Labute approximate surface area is 241 Å². The minimum atomic E-state index is -4.59. The highest BCUT2D eigenvalue weighted by atomic mass is 31.2. The molecule has 2 unspecified atom stereocenters. The minimum absolute atomic E-state index is 0.0471. The van der Waals surface area contributed by atoms with Crippen LogP contribution in [-0.2, 0) is 32.7 Å². The molecule has 0 aliphatic heterocycles. The molecule has 228 valence electrons. The quantitative estimate of drug-likeness (QED) is 0.0503. The molecule has 0 aliphatic carbocycles. The molecule has 0 heterocycles. The number of ether oxygens (including phenoxy) is 2. The lowest BCUT2D eigenvalue weighted by molar-refractivity contribution is -0.870. The highest BCUT2D eigenvalue weighted by Gasteiger charge is 2.21. The number of phosphoric ester groups is 1. The summed E-state index contributed by atoms with van der Waals surface area (Å²) in [5, 5.41) is 0. The molecule has 0 rings (SSSR count). The number of allylic oxidation sites excluding steroid dienone is 10. The Morgan fingerprint density at radius 2 is 1.35 bits per heavy atom. The molecule has 0 amide bonds. The summed E-state index contributed by atoms with van der Waals surface area (Å²) in [6.45, 7) is 2.93. The second-order valence-corrected chi connectivity index (χ2v) is 11.5. The van der Waals surface area contributed by atoms with Crippen molar-refractivity contribution in [3.8, 4) is 0 Å². The van der Waals surface area contributed by atoms with E-state index in [0.717, 1.165) is 32.1 Å². The van der Waals surface area contributed by atoms with Gasteiger partial charge in [-0.3, -0.25) is 14.2 Å². The topological polar surface area (TPSA) is 111 Å². The van der Waals surface area contributed by atoms with Crippen LogP contribution in [-0.4, -0.2) is 70.0 Å². The average Bonchev–Trinajstić information content (AvgIpc) is 2.86. The third-order valence-electron chi connectivity index (χ3n) is 5.11. The fraction of sp³-hybridized carbons (Fsp3) is 0.600. The van der Waals surface area contributed by atoms with Gasteiger partial charge in [-0.2, -0.15) is 0 Å². The SMILES string of the molecule is CC/C=C\C/C=C\C/C=C\C/C=C\C/C=C\CCCC(=O)OC(COC(C)=O)COP(=O)([O-])OCC[N+](C)(C)C. The van der Waals surface area contributed by atoms with Crippen LogP contribution in [0, 0.1) is 0 Å². The monoisotopic (exact) mass is 583 g/mol. The van der Waals surface area contributed by atoms with Gasteiger partial charge < -0.3 is 27.9 Å². The van der Waals surface area contributed by atoms with Gasteiger partial charge in [-0.1, -0.05) is 67.7 Å². The summed E-state index contributed by atoms with van der Waals surface area (Å²) in [5.41, 5.74) is 0. The summed E-state index contributed by atoms with van der Waals surface area (Å²) in [7, 11) is 1.10. The van der Waals surface area contributed by atoms with E-state index in [1.807, 2.05) is 33.3 Å². The van der Waals surface area contributed by atoms with Gasteiger partial charge in [0.15, 0.2) is 6.10 Å². The molecule has 0 fully saturated rings. The van der Waals surface area contributed by atoms with E-state index in [4.69, 9.17) is 18.5 Å². The molecule has 0 aromatic heterocycles. The van der Waals surface area contributed by atoms with E-state index in [0.29, 0.717) is 23.9 Å². The van der Waals surface area contributed by atoms with Gasteiger partial charge in [0.05, 0.1) is 27.7 Å². The van der Waals surface area contributed by atoms with Gasteiger partial charge in [0, 0.05) is 13.3 Å². The van der Waals surface area contributed by atoms with E-state index >= 15 is 0 Å². The second-order valence-electron chi connectivity index (χ2n) is 10.1. The summed E-state index contributed by atoms with van der Waals surface area (Å²) in [6.07, 6.45) is 26.3. The van der Waals surface area contributed by atoms with Gasteiger partial charge in [0.25, 0.3) is 7.82 Å². The predicted molar refractivity (Wildman–Crippen MR) is 157 cm³/mol. The number of hydrogen-bond acceptors (Lipinski definition) is 8. The molecule has 0 N–H and O–H groups in total. The first-order valence-corrected chi connectivity index (χ1v) is 15.4. The third kappa shape index (κ3) is 27.3. The van der Waals surface area contributed by atoms with Crippen LogP contribution < -0.4 is 4.89 Å². The van der Waals surface area contributed by atoms with Crippen LogP contribution in [0.2, 0.25) is 0 Å². The number of unbranched alkanes of at least 4 members (excludes halogenated alkanes) is 1. The molecule has 0 saturated heterocycles. The lowest BCUT2D eigenvalue weighted by atomic mass is 10.2. The molecule has 10 heteroatoms. The van der Waals surface area contributed by atoms with Crippen molar-refractivity contribution in [2.45, 2.75) is 71.3 Å². The lowest BCUT2D eigenvalue weighted by Gasteiger charge is -2.28. The van der Waals surface area contributed by atoms with E-state index in [9.17, 15) is 19.0 Å². The smallest absolute Gasteiger partial charge is 0.306 e. The van der Waals surface area contributed by atoms with Gasteiger partial charge in [-0.25, -0.2) is 0 Å². The van der Waals surface area contributed by atoms with Crippen molar-refractivity contribution in [1.82, 2.24) is 0 Å². The molecular formula is C30H50NO8P. The number of rotatable bonds is 23.